The van der Waals surface area contributed by atoms with Crippen LogP contribution in [0.1, 0.15) is 64.9 Å². The van der Waals surface area contributed by atoms with E-state index in [0.29, 0.717) is 52.8 Å². The van der Waals surface area contributed by atoms with Crippen molar-refractivity contribution in [2.45, 2.75) is 71.8 Å². The predicted octanol–water partition coefficient (Wildman–Crippen LogP) is 5.29. The summed E-state index contributed by atoms with van der Waals surface area (Å²) < 4.78 is 11.5. The molecule has 0 spiro atoms. The van der Waals surface area contributed by atoms with E-state index in [2.05, 4.69) is 0 Å². The van der Waals surface area contributed by atoms with Gasteiger partial charge in [-0.3, -0.25) is 9.59 Å². The Bertz CT molecular complexity index is 889. The third-order valence-electron chi connectivity index (χ3n) is 4.86. The molecule has 1 heterocycles. The van der Waals surface area contributed by atoms with Crippen LogP contribution in [0.25, 0.3) is 10.8 Å². The summed E-state index contributed by atoms with van der Waals surface area (Å²) in [4.78, 5) is 35.6. The lowest BCUT2D eigenvalue weighted by Gasteiger charge is -2.26. The fourth-order valence-corrected chi connectivity index (χ4v) is 3.32. The Balaban J connectivity index is 2.09. The number of benzene rings is 2. The lowest BCUT2D eigenvalue weighted by Crippen LogP contribution is -2.23. The van der Waals surface area contributed by atoms with Crippen molar-refractivity contribution >= 4 is 22.7 Å². The van der Waals surface area contributed by atoms with Crippen molar-refractivity contribution < 1.29 is 28.8 Å². The molecule has 0 bridgehead atoms. The van der Waals surface area contributed by atoms with Crippen LogP contribution in [0, 0.1) is 0 Å². The van der Waals surface area contributed by atoms with Gasteiger partial charge in [0.15, 0.2) is 5.75 Å². The second kappa shape index (κ2) is 9.74. The highest BCUT2D eigenvalue weighted by atomic mass is 17.2. The minimum Gasteiger partial charge on any atom is -0.425 e. The summed E-state index contributed by atoms with van der Waals surface area (Å²) in [6, 6.07) is 7.39. The number of esters is 2. The van der Waals surface area contributed by atoms with E-state index in [1.165, 1.54) is 0 Å². The normalized spacial score (nSPS) is 15.5. The zero-order valence-corrected chi connectivity index (χ0v) is 17.3. The molecule has 0 saturated heterocycles. The van der Waals surface area contributed by atoms with E-state index in [9.17, 15) is 9.59 Å². The van der Waals surface area contributed by atoms with Gasteiger partial charge in [-0.05, 0) is 19.8 Å². The largest absolute Gasteiger partial charge is 0.425 e. The fraction of sp³-hybridized carbons (Fsp3) is 0.478. The van der Waals surface area contributed by atoms with Crippen LogP contribution in [-0.4, -0.2) is 18.0 Å². The Kier molecular flexibility index (Phi) is 7.09. The number of carbonyl (C=O) groups is 2. The molecular formula is C23H28O6. The molecular weight excluding hydrogens is 372 g/mol. The van der Waals surface area contributed by atoms with Gasteiger partial charge in [-0.15, -0.1) is 0 Å². The number of unbranched alkanes of at least 4 members (excludes halogenated alkanes) is 2. The van der Waals surface area contributed by atoms with Gasteiger partial charge in [-0.2, -0.15) is 4.89 Å². The van der Waals surface area contributed by atoms with Gasteiger partial charge in [0.1, 0.15) is 11.9 Å². The summed E-state index contributed by atoms with van der Waals surface area (Å²) in [5.74, 6) is 0.474. The van der Waals surface area contributed by atoms with E-state index in [1.807, 2.05) is 45.0 Å². The number of rotatable bonds is 8. The molecule has 6 heteroatoms. The minimum atomic E-state index is -0.325. The van der Waals surface area contributed by atoms with Crippen LogP contribution in [-0.2, 0) is 20.9 Å². The van der Waals surface area contributed by atoms with Crippen molar-refractivity contribution in [3.8, 4) is 17.2 Å². The zero-order chi connectivity index (χ0) is 20.8. The molecule has 29 heavy (non-hydrogen) atoms. The van der Waals surface area contributed by atoms with Crippen LogP contribution in [0.2, 0.25) is 0 Å². The Morgan fingerprint density at radius 1 is 0.966 bits per heavy atom. The first-order chi connectivity index (χ1) is 14.0. The van der Waals surface area contributed by atoms with Crippen molar-refractivity contribution in [2.75, 3.05) is 0 Å². The molecule has 0 amide bonds. The van der Waals surface area contributed by atoms with E-state index in [4.69, 9.17) is 19.2 Å². The molecule has 0 radical (unpaired) electrons. The average Bonchev–Trinajstić information content (AvgIpc) is 2.72. The summed E-state index contributed by atoms with van der Waals surface area (Å²) in [6.45, 7) is 5.91. The molecule has 1 aliphatic rings. The molecule has 0 fully saturated rings. The standard InChI is InChI=1S/C23H28O6/c1-4-6-12-19(24)26-21-16-10-8-9-11-17(16)22(27-20(25)13-7-5-2)23-18(21)14-15(3)28-29-23/h8-11,15H,4-7,12-14H2,1-3H3. The Labute approximate surface area is 171 Å². The van der Waals surface area contributed by atoms with Crippen molar-refractivity contribution in [1.82, 2.24) is 0 Å². The molecule has 1 atom stereocenters. The maximum atomic E-state index is 12.4. The average molecular weight is 400 g/mol. The smallest absolute Gasteiger partial charge is 0.311 e. The monoisotopic (exact) mass is 400 g/mol. The van der Waals surface area contributed by atoms with Crippen LogP contribution in [0.4, 0.5) is 0 Å². The van der Waals surface area contributed by atoms with E-state index in [1.54, 1.807) is 0 Å². The first kappa shape index (κ1) is 21.1. The quantitative estimate of drug-likeness (QED) is 0.341. The van der Waals surface area contributed by atoms with Gasteiger partial charge in [-0.25, -0.2) is 0 Å². The van der Waals surface area contributed by atoms with E-state index in [0.717, 1.165) is 25.7 Å². The molecule has 0 saturated carbocycles. The highest BCUT2D eigenvalue weighted by molar-refractivity contribution is 6.00. The summed E-state index contributed by atoms with van der Waals surface area (Å²) in [5.41, 5.74) is 0.686. The van der Waals surface area contributed by atoms with Crippen LogP contribution in [0.5, 0.6) is 17.2 Å². The van der Waals surface area contributed by atoms with Crippen molar-refractivity contribution in [2.24, 2.45) is 0 Å². The molecule has 6 nitrogen and oxygen atoms in total. The van der Waals surface area contributed by atoms with Crippen molar-refractivity contribution in [3.05, 3.63) is 29.8 Å². The van der Waals surface area contributed by atoms with Crippen molar-refractivity contribution in [3.63, 3.8) is 0 Å². The fourth-order valence-electron chi connectivity index (χ4n) is 3.32. The Morgan fingerprint density at radius 3 is 2.10 bits per heavy atom. The van der Waals surface area contributed by atoms with Gasteiger partial charge in [0.25, 0.3) is 0 Å². The third-order valence-corrected chi connectivity index (χ3v) is 4.86. The minimum absolute atomic E-state index is 0.222. The summed E-state index contributed by atoms with van der Waals surface area (Å²) >= 11 is 0. The SMILES string of the molecule is CCCCC(=O)Oc1c2c(c(OC(=O)CCCC)c3ccccc13)OOC(C)C2. The van der Waals surface area contributed by atoms with Crippen LogP contribution < -0.4 is 14.4 Å². The molecule has 0 aromatic heterocycles. The maximum absolute atomic E-state index is 12.4. The summed E-state index contributed by atoms with van der Waals surface area (Å²) in [6.07, 6.45) is 4.26. The van der Waals surface area contributed by atoms with E-state index < -0.39 is 0 Å². The second-order valence-electron chi connectivity index (χ2n) is 7.36. The molecule has 3 rings (SSSR count). The highest BCUT2D eigenvalue weighted by Crippen LogP contribution is 2.48. The molecule has 1 aliphatic heterocycles. The number of hydrogen-bond donors (Lipinski definition) is 0. The number of ether oxygens (including phenoxy) is 2. The first-order valence-electron chi connectivity index (χ1n) is 10.4. The number of carbonyl (C=O) groups excluding carboxylic acids is 2. The van der Waals surface area contributed by atoms with Gasteiger partial charge in [0.05, 0.1) is 0 Å². The van der Waals surface area contributed by atoms with Crippen LogP contribution in [0.15, 0.2) is 24.3 Å². The third kappa shape index (κ3) is 4.88. The summed E-state index contributed by atoms with van der Waals surface area (Å²) in [5, 5.41) is 1.36. The van der Waals surface area contributed by atoms with Crippen LogP contribution in [0.3, 0.4) is 0 Å². The topological polar surface area (TPSA) is 71.1 Å². The maximum Gasteiger partial charge on any atom is 0.311 e. The molecule has 0 aliphatic carbocycles. The van der Waals surface area contributed by atoms with Gasteiger partial charge in [-0.1, -0.05) is 51.0 Å². The van der Waals surface area contributed by atoms with Crippen molar-refractivity contribution in [1.29, 1.82) is 0 Å². The van der Waals surface area contributed by atoms with Gasteiger partial charge < -0.3 is 14.4 Å². The number of hydrogen-bond acceptors (Lipinski definition) is 6. The molecule has 2 aromatic carbocycles. The molecule has 1 unspecified atom stereocenters. The van der Waals surface area contributed by atoms with Gasteiger partial charge >= 0.3 is 11.9 Å². The summed E-state index contributed by atoms with van der Waals surface area (Å²) in [7, 11) is 0. The molecule has 2 aromatic rings. The van der Waals surface area contributed by atoms with E-state index >= 15 is 0 Å². The lowest BCUT2D eigenvalue weighted by molar-refractivity contribution is -0.250. The first-order valence-corrected chi connectivity index (χ1v) is 10.4. The van der Waals surface area contributed by atoms with E-state index in [-0.39, 0.29) is 18.0 Å². The Hall–Kier alpha value is -2.60. The van der Waals surface area contributed by atoms with Gasteiger partial charge in [0.2, 0.25) is 5.75 Å². The molecule has 0 N–H and O–H groups in total. The molecule has 156 valence electrons. The lowest BCUT2D eigenvalue weighted by atomic mass is 9.98. The second-order valence-corrected chi connectivity index (χ2v) is 7.36. The highest BCUT2D eigenvalue weighted by Gasteiger charge is 2.31. The van der Waals surface area contributed by atoms with Gasteiger partial charge in [0, 0.05) is 35.6 Å². The zero-order valence-electron chi connectivity index (χ0n) is 17.3. The number of fused-ring (bicyclic) bond motifs is 2. The van der Waals surface area contributed by atoms with Crippen LogP contribution >= 0.6 is 0 Å². The Morgan fingerprint density at radius 2 is 1.52 bits per heavy atom. The predicted molar refractivity (Wildman–Crippen MR) is 109 cm³/mol.